The van der Waals surface area contributed by atoms with Crippen molar-refractivity contribution in [1.82, 2.24) is 9.97 Å². The molecule has 0 aliphatic heterocycles. The van der Waals surface area contributed by atoms with Crippen LogP contribution in [0.15, 0.2) is 41.8 Å². The van der Waals surface area contributed by atoms with Crippen molar-refractivity contribution < 1.29 is 17.7 Å². The van der Waals surface area contributed by atoms with E-state index < -0.39 is 22.9 Å². The minimum absolute atomic E-state index is 0.00255. The Morgan fingerprint density at radius 1 is 1.33 bits per heavy atom. The first-order valence-electron chi connectivity index (χ1n) is 5.01. The normalized spacial score (nSPS) is 13.6. The van der Waals surface area contributed by atoms with E-state index in [1.807, 2.05) is 0 Å². The van der Waals surface area contributed by atoms with Gasteiger partial charge in [0.2, 0.25) is 0 Å². The van der Waals surface area contributed by atoms with Crippen molar-refractivity contribution in [3.63, 3.8) is 0 Å². The van der Waals surface area contributed by atoms with Crippen molar-refractivity contribution >= 4 is 11.2 Å². The summed E-state index contributed by atoms with van der Waals surface area (Å²) in [5.74, 6) is -0.00255. The minimum atomic E-state index is -4.39. The van der Waals surface area contributed by atoms with Crippen LogP contribution in [-0.2, 0) is 23.1 Å². The molecule has 0 bridgehead atoms. The first-order valence-corrected chi connectivity index (χ1v) is 6.32. The molecule has 1 atom stereocenters. The third-order valence-corrected chi connectivity index (χ3v) is 3.49. The summed E-state index contributed by atoms with van der Waals surface area (Å²) in [5.41, 5.74) is -0.379. The molecular weight excluding hydrogens is 265 g/mol. The molecule has 96 valence electrons. The van der Waals surface area contributed by atoms with Gasteiger partial charge in [-0.3, -0.25) is 0 Å². The lowest BCUT2D eigenvalue weighted by Crippen LogP contribution is -2.09. The van der Waals surface area contributed by atoms with Gasteiger partial charge in [-0.15, -0.1) is 0 Å². The smallest absolute Gasteiger partial charge is 0.416 e. The Morgan fingerprint density at radius 2 is 2.11 bits per heavy atom. The molecule has 1 N–H and O–H groups in total. The lowest BCUT2D eigenvalue weighted by Gasteiger charge is -2.10. The maximum atomic E-state index is 12.5. The zero-order valence-electron chi connectivity index (χ0n) is 9.07. The molecule has 18 heavy (non-hydrogen) atoms. The molecule has 1 aromatic carbocycles. The molecule has 0 fully saturated rings. The molecule has 0 spiro atoms. The summed E-state index contributed by atoms with van der Waals surface area (Å²) in [6.07, 6.45) is -1.43. The zero-order chi connectivity index (χ0) is 13.2. The second kappa shape index (κ2) is 5.03. The Labute approximate surface area is 104 Å². The first-order chi connectivity index (χ1) is 8.47. The van der Waals surface area contributed by atoms with Crippen LogP contribution in [0.2, 0.25) is 0 Å². The lowest BCUT2D eigenvalue weighted by molar-refractivity contribution is -0.137. The number of benzene rings is 1. The van der Waals surface area contributed by atoms with E-state index in [-0.39, 0.29) is 10.9 Å². The summed E-state index contributed by atoms with van der Waals surface area (Å²) in [5, 5.41) is 0.257. The summed E-state index contributed by atoms with van der Waals surface area (Å²) in [6, 6.07) is 4.80. The highest BCUT2D eigenvalue weighted by Gasteiger charge is 2.30. The molecule has 0 amide bonds. The van der Waals surface area contributed by atoms with E-state index in [1.165, 1.54) is 24.5 Å². The van der Waals surface area contributed by atoms with Gasteiger partial charge in [0, 0.05) is 29.1 Å². The Bertz CT molecular complexity index is 513. The molecule has 0 saturated carbocycles. The van der Waals surface area contributed by atoms with E-state index in [4.69, 9.17) is 0 Å². The van der Waals surface area contributed by atoms with E-state index in [0.717, 1.165) is 12.1 Å². The molecule has 1 unspecified atom stereocenters. The van der Waals surface area contributed by atoms with Crippen LogP contribution in [0.1, 0.15) is 11.1 Å². The van der Waals surface area contributed by atoms with Crippen LogP contribution in [0.5, 0.6) is 0 Å². The van der Waals surface area contributed by atoms with Crippen LogP contribution in [-0.4, -0.2) is 14.5 Å². The summed E-state index contributed by atoms with van der Waals surface area (Å²) in [6.45, 7) is 0. The van der Waals surface area contributed by atoms with Gasteiger partial charge in [-0.2, -0.15) is 18.2 Å². The van der Waals surface area contributed by atoms with E-state index >= 15 is 0 Å². The number of halogens is 3. The Balaban J connectivity index is 2.15. The number of nitrogens with one attached hydrogen (secondary N) is 1. The predicted octanol–water partition coefficient (Wildman–Crippen LogP) is 2.74. The molecule has 7 heteroatoms. The first kappa shape index (κ1) is 13.0. The number of aromatic nitrogens is 2. The number of nitrogens with zero attached hydrogens (tertiary/aromatic N) is 1. The van der Waals surface area contributed by atoms with E-state index in [0.29, 0.717) is 5.56 Å². The summed E-state index contributed by atoms with van der Waals surface area (Å²) >= 11 is -1.47. The van der Waals surface area contributed by atoms with E-state index in [1.54, 1.807) is 0 Å². The molecule has 0 saturated heterocycles. The lowest BCUT2D eigenvalue weighted by atomic mass is 10.1. The van der Waals surface area contributed by atoms with Gasteiger partial charge in [0.05, 0.1) is 5.56 Å². The number of imidazole rings is 1. The van der Waals surface area contributed by atoms with Crippen LogP contribution in [0, 0.1) is 0 Å². The fourth-order valence-electron chi connectivity index (χ4n) is 1.43. The number of alkyl halides is 3. The molecule has 0 aliphatic carbocycles. The Kier molecular flexibility index (Phi) is 3.63. The van der Waals surface area contributed by atoms with Gasteiger partial charge in [-0.05, 0) is 12.1 Å². The van der Waals surface area contributed by atoms with Gasteiger partial charge < -0.3 is 9.54 Å². The van der Waals surface area contributed by atoms with E-state index in [2.05, 4.69) is 9.97 Å². The van der Waals surface area contributed by atoms with Crippen LogP contribution in [0.3, 0.4) is 0 Å². The summed E-state index contributed by atoms with van der Waals surface area (Å²) in [7, 11) is 0. The standard InChI is InChI=1S/C11H9F3N2OS/c12-11(13,14)9-3-1-2-8(6-9)7-18(17)10-15-4-5-16-10/h1-6H,7H2,(H,15,16). The van der Waals surface area contributed by atoms with Crippen molar-refractivity contribution in [2.45, 2.75) is 17.1 Å². The molecule has 1 aromatic heterocycles. The van der Waals surface area contributed by atoms with Crippen LogP contribution in [0.25, 0.3) is 0 Å². The highest BCUT2D eigenvalue weighted by molar-refractivity contribution is 7.90. The second-order valence-electron chi connectivity index (χ2n) is 3.58. The Hall–Kier alpha value is -1.47. The fraction of sp³-hybridized carbons (Fsp3) is 0.182. The third kappa shape index (κ3) is 3.05. The largest absolute Gasteiger partial charge is 0.609 e. The number of H-pyrrole nitrogens is 1. The fourth-order valence-corrected chi connectivity index (χ4v) is 2.43. The highest BCUT2D eigenvalue weighted by atomic mass is 32.2. The number of hydrogen-bond acceptors (Lipinski definition) is 2. The molecule has 0 radical (unpaired) electrons. The van der Waals surface area contributed by atoms with Crippen molar-refractivity contribution in [2.75, 3.05) is 0 Å². The summed E-state index contributed by atoms with van der Waals surface area (Å²) < 4.78 is 49.2. The zero-order valence-corrected chi connectivity index (χ0v) is 9.89. The van der Waals surface area contributed by atoms with Gasteiger partial charge in [-0.1, -0.05) is 12.1 Å². The quantitative estimate of drug-likeness (QED) is 0.875. The summed E-state index contributed by atoms with van der Waals surface area (Å²) in [4.78, 5) is 6.47. The van der Waals surface area contributed by atoms with Gasteiger partial charge in [0.15, 0.2) is 0 Å². The second-order valence-corrected chi connectivity index (χ2v) is 4.95. The van der Waals surface area contributed by atoms with Crippen molar-refractivity contribution in [1.29, 1.82) is 0 Å². The topological polar surface area (TPSA) is 51.7 Å². The predicted molar refractivity (Wildman–Crippen MR) is 60.1 cm³/mol. The number of aromatic amines is 1. The number of rotatable bonds is 3. The van der Waals surface area contributed by atoms with Gasteiger partial charge in [-0.25, -0.2) is 0 Å². The van der Waals surface area contributed by atoms with Crippen molar-refractivity contribution in [2.24, 2.45) is 0 Å². The molecule has 3 nitrogen and oxygen atoms in total. The monoisotopic (exact) mass is 274 g/mol. The Morgan fingerprint density at radius 3 is 2.72 bits per heavy atom. The van der Waals surface area contributed by atoms with E-state index in [9.17, 15) is 17.7 Å². The molecule has 1 heterocycles. The van der Waals surface area contributed by atoms with Gasteiger partial charge in [0.1, 0.15) is 5.75 Å². The SMILES string of the molecule is [O-][S+](Cc1cccc(C(F)(F)F)c1)c1ncc[nH]1. The van der Waals surface area contributed by atoms with Crippen LogP contribution >= 0.6 is 0 Å². The van der Waals surface area contributed by atoms with Crippen LogP contribution < -0.4 is 0 Å². The highest BCUT2D eigenvalue weighted by Crippen LogP contribution is 2.30. The van der Waals surface area contributed by atoms with Gasteiger partial charge in [0.25, 0.3) is 0 Å². The number of hydrogen-bond donors (Lipinski definition) is 1. The average molecular weight is 274 g/mol. The molecular formula is C11H9F3N2OS. The maximum absolute atomic E-state index is 12.5. The van der Waals surface area contributed by atoms with Crippen molar-refractivity contribution in [3.05, 3.63) is 47.8 Å². The maximum Gasteiger partial charge on any atom is 0.416 e. The molecule has 2 rings (SSSR count). The van der Waals surface area contributed by atoms with Crippen molar-refractivity contribution in [3.8, 4) is 0 Å². The molecule has 0 aliphatic rings. The third-order valence-electron chi connectivity index (χ3n) is 2.24. The minimum Gasteiger partial charge on any atom is -0.609 e. The average Bonchev–Trinajstić information content (AvgIpc) is 2.81. The van der Waals surface area contributed by atoms with Crippen LogP contribution in [0.4, 0.5) is 13.2 Å². The molecule has 2 aromatic rings. The van der Waals surface area contributed by atoms with Gasteiger partial charge >= 0.3 is 11.3 Å².